The minimum absolute atomic E-state index is 0.513. The van der Waals surface area contributed by atoms with Gasteiger partial charge in [0.2, 0.25) is 5.95 Å². The average Bonchev–Trinajstić information content (AvgIpc) is 3.27. The first kappa shape index (κ1) is 16.1. The molecule has 4 rings (SSSR count). The van der Waals surface area contributed by atoms with Crippen LogP contribution in [0.15, 0.2) is 47.2 Å². The van der Waals surface area contributed by atoms with E-state index in [1.54, 1.807) is 17.1 Å². The van der Waals surface area contributed by atoms with Crippen LogP contribution in [-0.2, 0) is 13.6 Å². The summed E-state index contributed by atoms with van der Waals surface area (Å²) in [5.41, 5.74) is 4.11. The molecule has 3 heterocycles. The molecule has 26 heavy (non-hydrogen) atoms. The third kappa shape index (κ3) is 3.11. The van der Waals surface area contributed by atoms with E-state index in [2.05, 4.69) is 57.7 Å². The molecular weight excluding hydrogens is 328 g/mol. The van der Waals surface area contributed by atoms with E-state index in [-0.39, 0.29) is 0 Å². The number of fused-ring (bicyclic) bond motifs is 1. The quantitative estimate of drug-likeness (QED) is 0.569. The Hall–Kier alpha value is -3.35. The van der Waals surface area contributed by atoms with Gasteiger partial charge < -0.3 is 15.1 Å². The molecule has 0 aliphatic heterocycles. The van der Waals surface area contributed by atoms with Crippen molar-refractivity contribution in [3.05, 3.63) is 59.7 Å². The van der Waals surface area contributed by atoms with Crippen LogP contribution in [0.1, 0.15) is 16.9 Å². The number of furan rings is 1. The van der Waals surface area contributed by atoms with Crippen molar-refractivity contribution in [1.82, 2.24) is 19.7 Å². The molecule has 3 aromatic heterocycles. The fourth-order valence-corrected chi connectivity index (χ4v) is 2.77. The number of nitrogens with zero attached hydrogens (tertiary/aromatic N) is 4. The van der Waals surface area contributed by atoms with E-state index in [0.717, 1.165) is 33.9 Å². The van der Waals surface area contributed by atoms with Crippen molar-refractivity contribution < 1.29 is 4.42 Å². The lowest BCUT2D eigenvalue weighted by atomic mass is 10.1. The van der Waals surface area contributed by atoms with Gasteiger partial charge in [0.05, 0.1) is 24.4 Å². The van der Waals surface area contributed by atoms with E-state index < -0.39 is 0 Å². The van der Waals surface area contributed by atoms with Crippen LogP contribution < -0.4 is 10.6 Å². The standard InChI is InChI=1S/C19H20N6O/c1-12-6-7-13(2)16(9-12)22-17-15-11-21-25(3)18(15)24-19(23-17)20-10-14-5-4-8-26-14/h4-9,11H,10H2,1-3H3,(H2,20,22,23,24). The number of nitrogens with one attached hydrogen (secondary N) is 2. The van der Waals surface area contributed by atoms with Crippen LogP contribution in [0.4, 0.5) is 17.5 Å². The fraction of sp³-hybridized carbons (Fsp3) is 0.211. The number of aryl methyl sites for hydroxylation is 3. The van der Waals surface area contributed by atoms with Crippen molar-refractivity contribution in [1.29, 1.82) is 0 Å². The van der Waals surface area contributed by atoms with Crippen molar-refractivity contribution in [2.24, 2.45) is 7.05 Å². The fourth-order valence-electron chi connectivity index (χ4n) is 2.77. The Bertz CT molecular complexity index is 1050. The third-order valence-electron chi connectivity index (χ3n) is 4.24. The maximum absolute atomic E-state index is 5.35. The van der Waals surface area contributed by atoms with Crippen LogP contribution >= 0.6 is 0 Å². The monoisotopic (exact) mass is 348 g/mol. The molecule has 0 bridgehead atoms. The summed E-state index contributed by atoms with van der Waals surface area (Å²) in [4.78, 5) is 9.22. The molecule has 0 saturated heterocycles. The molecule has 0 amide bonds. The molecule has 0 aliphatic carbocycles. The highest BCUT2D eigenvalue weighted by Crippen LogP contribution is 2.27. The van der Waals surface area contributed by atoms with Gasteiger partial charge in [-0.2, -0.15) is 15.1 Å². The van der Waals surface area contributed by atoms with Gasteiger partial charge in [-0.15, -0.1) is 0 Å². The van der Waals surface area contributed by atoms with E-state index in [1.165, 1.54) is 5.56 Å². The lowest BCUT2D eigenvalue weighted by Gasteiger charge is -2.12. The number of hydrogen-bond donors (Lipinski definition) is 2. The number of rotatable bonds is 5. The highest BCUT2D eigenvalue weighted by Gasteiger charge is 2.13. The first-order valence-electron chi connectivity index (χ1n) is 8.40. The van der Waals surface area contributed by atoms with E-state index in [1.807, 2.05) is 19.2 Å². The van der Waals surface area contributed by atoms with Crippen molar-refractivity contribution in [2.75, 3.05) is 10.6 Å². The Labute approximate surface area is 151 Å². The molecule has 4 aromatic rings. The van der Waals surface area contributed by atoms with Crippen molar-refractivity contribution >= 4 is 28.5 Å². The van der Waals surface area contributed by atoms with Gasteiger partial charge in [0, 0.05) is 12.7 Å². The highest BCUT2D eigenvalue weighted by atomic mass is 16.3. The second-order valence-corrected chi connectivity index (χ2v) is 6.28. The van der Waals surface area contributed by atoms with Crippen molar-refractivity contribution in [3.8, 4) is 0 Å². The van der Waals surface area contributed by atoms with E-state index in [4.69, 9.17) is 4.42 Å². The van der Waals surface area contributed by atoms with Crippen LogP contribution in [-0.4, -0.2) is 19.7 Å². The van der Waals surface area contributed by atoms with Gasteiger partial charge in [-0.05, 0) is 43.2 Å². The Morgan fingerprint density at radius 1 is 1.15 bits per heavy atom. The summed E-state index contributed by atoms with van der Waals surface area (Å²) in [5, 5.41) is 11.8. The predicted molar refractivity (Wildman–Crippen MR) is 102 cm³/mol. The van der Waals surface area contributed by atoms with Crippen LogP contribution in [0.5, 0.6) is 0 Å². The van der Waals surface area contributed by atoms with Gasteiger partial charge in [0.25, 0.3) is 0 Å². The SMILES string of the molecule is Cc1ccc(C)c(Nc2nc(NCc3ccco3)nc3c2cnn3C)c1. The first-order chi connectivity index (χ1) is 12.6. The summed E-state index contributed by atoms with van der Waals surface area (Å²) < 4.78 is 7.09. The predicted octanol–water partition coefficient (Wildman–Crippen LogP) is 3.93. The van der Waals surface area contributed by atoms with Crippen molar-refractivity contribution in [2.45, 2.75) is 20.4 Å². The summed E-state index contributed by atoms with van der Waals surface area (Å²) >= 11 is 0. The van der Waals surface area contributed by atoms with Gasteiger partial charge in [0.15, 0.2) is 5.65 Å². The van der Waals surface area contributed by atoms with Gasteiger partial charge in [-0.3, -0.25) is 4.68 Å². The second-order valence-electron chi connectivity index (χ2n) is 6.28. The molecule has 2 N–H and O–H groups in total. The zero-order valence-electron chi connectivity index (χ0n) is 14.9. The molecule has 0 unspecified atom stereocenters. The Balaban J connectivity index is 1.71. The smallest absolute Gasteiger partial charge is 0.227 e. The molecule has 1 aromatic carbocycles. The normalized spacial score (nSPS) is 11.0. The topological polar surface area (TPSA) is 80.8 Å². The second kappa shape index (κ2) is 6.51. The molecule has 7 heteroatoms. The lowest BCUT2D eigenvalue weighted by Crippen LogP contribution is -2.07. The van der Waals surface area contributed by atoms with Crippen molar-refractivity contribution in [3.63, 3.8) is 0 Å². The van der Waals surface area contributed by atoms with E-state index >= 15 is 0 Å². The Morgan fingerprint density at radius 2 is 2.04 bits per heavy atom. The van der Waals surface area contributed by atoms with Gasteiger partial charge in [-0.1, -0.05) is 12.1 Å². The largest absolute Gasteiger partial charge is 0.467 e. The molecule has 0 radical (unpaired) electrons. The van der Waals surface area contributed by atoms with Crippen LogP contribution in [0, 0.1) is 13.8 Å². The first-order valence-corrected chi connectivity index (χ1v) is 8.40. The zero-order valence-corrected chi connectivity index (χ0v) is 14.9. The Morgan fingerprint density at radius 3 is 2.85 bits per heavy atom. The molecule has 132 valence electrons. The molecule has 0 atom stereocenters. The molecule has 0 fully saturated rings. The summed E-state index contributed by atoms with van der Waals surface area (Å²) in [6.45, 7) is 4.65. The van der Waals surface area contributed by atoms with E-state index in [9.17, 15) is 0 Å². The lowest BCUT2D eigenvalue weighted by molar-refractivity contribution is 0.517. The molecular formula is C19H20N6O. The third-order valence-corrected chi connectivity index (χ3v) is 4.24. The van der Waals surface area contributed by atoms with Crippen LogP contribution in [0.25, 0.3) is 11.0 Å². The van der Waals surface area contributed by atoms with Crippen LogP contribution in [0.3, 0.4) is 0 Å². The highest BCUT2D eigenvalue weighted by molar-refractivity contribution is 5.89. The molecule has 0 saturated carbocycles. The number of benzene rings is 1. The summed E-state index contributed by atoms with van der Waals surface area (Å²) in [7, 11) is 1.87. The molecule has 0 spiro atoms. The average molecular weight is 348 g/mol. The van der Waals surface area contributed by atoms with Gasteiger partial charge >= 0.3 is 0 Å². The van der Waals surface area contributed by atoms with E-state index in [0.29, 0.717) is 12.5 Å². The zero-order chi connectivity index (χ0) is 18.1. The number of aromatic nitrogens is 4. The Kier molecular flexibility index (Phi) is 4.04. The maximum atomic E-state index is 5.35. The summed E-state index contributed by atoms with van der Waals surface area (Å²) in [6, 6.07) is 10.1. The minimum atomic E-state index is 0.513. The molecule has 7 nitrogen and oxygen atoms in total. The van der Waals surface area contributed by atoms with Gasteiger partial charge in [-0.25, -0.2) is 0 Å². The number of hydrogen-bond acceptors (Lipinski definition) is 6. The summed E-state index contributed by atoms with van der Waals surface area (Å²) in [6.07, 6.45) is 3.43. The number of anilines is 3. The summed E-state index contributed by atoms with van der Waals surface area (Å²) in [5.74, 6) is 2.06. The molecule has 0 aliphatic rings. The minimum Gasteiger partial charge on any atom is -0.467 e. The van der Waals surface area contributed by atoms with Crippen LogP contribution in [0.2, 0.25) is 0 Å². The van der Waals surface area contributed by atoms with Gasteiger partial charge in [0.1, 0.15) is 11.6 Å². The maximum Gasteiger partial charge on any atom is 0.227 e.